The number of nitrogens with two attached hydrogens (primary N) is 1. The van der Waals surface area contributed by atoms with E-state index in [0.29, 0.717) is 0 Å². The molecule has 94 valence electrons. The van der Waals surface area contributed by atoms with Gasteiger partial charge in [0.25, 0.3) is 0 Å². The van der Waals surface area contributed by atoms with Gasteiger partial charge in [-0.1, -0.05) is 17.7 Å². The lowest BCUT2D eigenvalue weighted by atomic mass is 10.0. The maximum absolute atomic E-state index is 5.87. The summed E-state index contributed by atoms with van der Waals surface area (Å²) in [6.07, 6.45) is 0. The molecule has 2 nitrogen and oxygen atoms in total. The van der Waals surface area contributed by atoms with Crippen molar-refractivity contribution >= 4 is 17.1 Å². The summed E-state index contributed by atoms with van der Waals surface area (Å²) < 4.78 is 0. The maximum atomic E-state index is 5.87. The predicted octanol–water partition coefficient (Wildman–Crippen LogP) is 4.25. The molecule has 0 bridgehead atoms. The lowest BCUT2D eigenvalue weighted by Crippen LogP contribution is -1.98. The minimum absolute atomic E-state index is 0.792. The van der Waals surface area contributed by atoms with E-state index < -0.39 is 0 Å². The Morgan fingerprint density at radius 3 is 1.89 bits per heavy atom. The summed E-state index contributed by atoms with van der Waals surface area (Å²) in [4.78, 5) is 0. The highest BCUT2D eigenvalue weighted by Crippen LogP contribution is 2.27. The summed E-state index contributed by atoms with van der Waals surface area (Å²) in [7, 11) is 0. The molecule has 18 heavy (non-hydrogen) atoms. The average molecular weight is 240 g/mol. The van der Waals surface area contributed by atoms with Gasteiger partial charge in [0.15, 0.2) is 0 Å². The Labute approximate surface area is 109 Å². The lowest BCUT2D eigenvalue weighted by Gasteiger charge is -2.15. The number of rotatable bonds is 2. The van der Waals surface area contributed by atoms with Crippen LogP contribution < -0.4 is 11.1 Å². The number of hydrogen-bond donors (Lipinski definition) is 2. The first-order chi connectivity index (χ1) is 8.45. The second-order valence-electron chi connectivity index (χ2n) is 5.03. The van der Waals surface area contributed by atoms with Crippen molar-refractivity contribution in [1.29, 1.82) is 0 Å². The van der Waals surface area contributed by atoms with Crippen molar-refractivity contribution in [3.63, 3.8) is 0 Å². The van der Waals surface area contributed by atoms with E-state index in [0.717, 1.165) is 11.4 Å². The van der Waals surface area contributed by atoms with E-state index >= 15 is 0 Å². The molecule has 0 fully saturated rings. The molecule has 2 rings (SSSR count). The van der Waals surface area contributed by atoms with Gasteiger partial charge in [0.05, 0.1) is 0 Å². The fourth-order valence-electron chi connectivity index (χ4n) is 2.41. The van der Waals surface area contributed by atoms with Crippen molar-refractivity contribution in [3.8, 4) is 0 Å². The maximum Gasteiger partial charge on any atom is 0.0443 e. The summed E-state index contributed by atoms with van der Waals surface area (Å²) in [5, 5.41) is 3.47. The fraction of sp³-hybridized carbons (Fsp3) is 0.250. The molecule has 3 N–H and O–H groups in total. The molecule has 2 heteroatoms. The van der Waals surface area contributed by atoms with Crippen molar-refractivity contribution in [2.24, 2.45) is 0 Å². The van der Waals surface area contributed by atoms with Gasteiger partial charge in [0, 0.05) is 17.1 Å². The first kappa shape index (κ1) is 12.5. The van der Waals surface area contributed by atoms with E-state index in [9.17, 15) is 0 Å². The van der Waals surface area contributed by atoms with Crippen LogP contribution in [-0.4, -0.2) is 0 Å². The highest BCUT2D eigenvalue weighted by molar-refractivity contribution is 5.69. The number of anilines is 3. The van der Waals surface area contributed by atoms with Gasteiger partial charge >= 0.3 is 0 Å². The average Bonchev–Trinajstić information content (AvgIpc) is 2.22. The molecule has 0 heterocycles. The number of hydrogen-bond acceptors (Lipinski definition) is 2. The standard InChI is InChI=1S/C16H20N2/c1-10-5-12(3)16(13(4)6-10)18-15-8-11(2)7-14(17)9-15/h5-9,18H,17H2,1-4H3. The molecule has 0 saturated heterocycles. The molecule has 0 aliphatic carbocycles. The highest BCUT2D eigenvalue weighted by Gasteiger charge is 2.05. The minimum atomic E-state index is 0.792. The van der Waals surface area contributed by atoms with Crippen LogP contribution >= 0.6 is 0 Å². The van der Waals surface area contributed by atoms with E-state index in [4.69, 9.17) is 5.73 Å². The monoisotopic (exact) mass is 240 g/mol. The molecule has 0 atom stereocenters. The van der Waals surface area contributed by atoms with Crippen molar-refractivity contribution in [2.75, 3.05) is 11.1 Å². The molecule has 0 aromatic heterocycles. The van der Waals surface area contributed by atoms with Crippen LogP contribution in [0.2, 0.25) is 0 Å². The zero-order valence-corrected chi connectivity index (χ0v) is 11.5. The summed E-state index contributed by atoms with van der Waals surface area (Å²) >= 11 is 0. The van der Waals surface area contributed by atoms with E-state index in [1.54, 1.807) is 0 Å². The van der Waals surface area contributed by atoms with E-state index in [2.05, 4.69) is 51.2 Å². The topological polar surface area (TPSA) is 38.0 Å². The van der Waals surface area contributed by atoms with Crippen LogP contribution in [-0.2, 0) is 0 Å². The molecule has 0 saturated carbocycles. The molecule has 0 aliphatic rings. The molecule has 2 aromatic rings. The normalized spacial score (nSPS) is 10.4. The third kappa shape index (κ3) is 2.65. The van der Waals surface area contributed by atoms with Gasteiger partial charge in [0.1, 0.15) is 0 Å². The Hall–Kier alpha value is -1.96. The Kier molecular flexibility index (Phi) is 3.28. The SMILES string of the molecule is Cc1cc(N)cc(Nc2c(C)cc(C)cc2C)c1. The largest absolute Gasteiger partial charge is 0.399 e. The van der Waals surface area contributed by atoms with Crippen LogP contribution in [0, 0.1) is 27.7 Å². The van der Waals surface area contributed by atoms with Gasteiger partial charge in [0.2, 0.25) is 0 Å². The Morgan fingerprint density at radius 1 is 0.778 bits per heavy atom. The van der Waals surface area contributed by atoms with Gasteiger partial charge < -0.3 is 11.1 Å². The molecule has 0 spiro atoms. The second kappa shape index (κ2) is 4.73. The third-order valence-corrected chi connectivity index (χ3v) is 3.05. The Morgan fingerprint density at radius 2 is 1.33 bits per heavy atom. The third-order valence-electron chi connectivity index (χ3n) is 3.05. The minimum Gasteiger partial charge on any atom is -0.399 e. The smallest absolute Gasteiger partial charge is 0.0443 e. The lowest BCUT2D eigenvalue weighted by molar-refractivity contribution is 1.31. The van der Waals surface area contributed by atoms with Crippen molar-refractivity contribution < 1.29 is 0 Å². The first-order valence-corrected chi connectivity index (χ1v) is 6.18. The summed E-state index contributed by atoms with van der Waals surface area (Å²) in [6, 6.07) is 10.4. The van der Waals surface area contributed by atoms with E-state index in [-0.39, 0.29) is 0 Å². The zero-order chi connectivity index (χ0) is 13.3. The number of benzene rings is 2. The van der Waals surface area contributed by atoms with Crippen LogP contribution in [0.1, 0.15) is 22.3 Å². The van der Waals surface area contributed by atoms with E-state index in [1.165, 1.54) is 27.9 Å². The highest BCUT2D eigenvalue weighted by atomic mass is 14.9. The van der Waals surface area contributed by atoms with Crippen LogP contribution in [0.4, 0.5) is 17.1 Å². The molecule has 0 aliphatic heterocycles. The molecule has 0 amide bonds. The van der Waals surface area contributed by atoms with Gasteiger partial charge in [-0.2, -0.15) is 0 Å². The molecule has 0 unspecified atom stereocenters. The fourth-order valence-corrected chi connectivity index (χ4v) is 2.41. The zero-order valence-electron chi connectivity index (χ0n) is 11.5. The predicted molar refractivity (Wildman–Crippen MR) is 79.5 cm³/mol. The number of nitrogens with one attached hydrogen (secondary N) is 1. The second-order valence-corrected chi connectivity index (χ2v) is 5.03. The van der Waals surface area contributed by atoms with Crippen molar-refractivity contribution in [1.82, 2.24) is 0 Å². The summed E-state index contributed by atoms with van der Waals surface area (Å²) in [5.74, 6) is 0. The van der Waals surface area contributed by atoms with Gasteiger partial charge in [-0.3, -0.25) is 0 Å². The quantitative estimate of drug-likeness (QED) is 0.770. The van der Waals surface area contributed by atoms with E-state index in [1.807, 2.05) is 12.1 Å². The van der Waals surface area contributed by atoms with Crippen LogP contribution in [0.15, 0.2) is 30.3 Å². The number of nitrogen functional groups attached to an aromatic ring is 1. The first-order valence-electron chi connectivity index (χ1n) is 6.18. The molecular weight excluding hydrogens is 220 g/mol. The molecule has 2 aromatic carbocycles. The molecule has 0 radical (unpaired) electrons. The Bertz CT molecular complexity index is 542. The van der Waals surface area contributed by atoms with Gasteiger partial charge in [-0.25, -0.2) is 0 Å². The summed E-state index contributed by atoms with van der Waals surface area (Å²) in [5.41, 5.74) is 13.9. The van der Waals surface area contributed by atoms with Gasteiger partial charge in [-0.05, 0) is 62.6 Å². The van der Waals surface area contributed by atoms with Crippen molar-refractivity contribution in [2.45, 2.75) is 27.7 Å². The molecular formula is C16H20N2. The van der Waals surface area contributed by atoms with Crippen LogP contribution in [0.5, 0.6) is 0 Å². The van der Waals surface area contributed by atoms with Gasteiger partial charge in [-0.15, -0.1) is 0 Å². The Balaban J connectivity index is 2.40. The van der Waals surface area contributed by atoms with Crippen molar-refractivity contribution in [3.05, 3.63) is 52.6 Å². The summed E-state index contributed by atoms with van der Waals surface area (Å²) in [6.45, 7) is 8.42. The number of aryl methyl sites for hydroxylation is 4. The van der Waals surface area contributed by atoms with Crippen LogP contribution in [0.3, 0.4) is 0 Å². The van der Waals surface area contributed by atoms with Crippen LogP contribution in [0.25, 0.3) is 0 Å².